The molecule has 0 N–H and O–H groups in total. The average molecular weight is 722 g/mol. The predicted octanol–water partition coefficient (Wildman–Crippen LogP) is 14.7. The molecular formula is C54H43NO. The van der Waals surface area contributed by atoms with Gasteiger partial charge in [0.2, 0.25) is 0 Å². The highest BCUT2D eigenvalue weighted by atomic mass is 16.3. The first kappa shape index (κ1) is 33.0. The second-order valence-electron chi connectivity index (χ2n) is 17.0. The van der Waals surface area contributed by atoms with E-state index in [1.165, 1.54) is 55.6 Å². The molecular weight excluding hydrogens is 679 g/mol. The first-order valence-electron chi connectivity index (χ1n) is 19.9. The fourth-order valence-corrected chi connectivity index (χ4v) is 10.3. The van der Waals surface area contributed by atoms with Gasteiger partial charge in [-0.15, -0.1) is 0 Å². The average Bonchev–Trinajstić information content (AvgIpc) is 3.81. The van der Waals surface area contributed by atoms with Crippen LogP contribution in [0.5, 0.6) is 0 Å². The SMILES string of the molecule is CC1(C)c2ccccc2-c2ccc(N(c3ccc(C4=CC=CC5C4c4ccccc4C5(C)C)cc3)c3ccc(-c4ccc5oc6ccccc6c5c4)cc3)cc21. The molecule has 3 aliphatic rings. The first-order chi connectivity index (χ1) is 27.3. The quantitative estimate of drug-likeness (QED) is 0.176. The van der Waals surface area contributed by atoms with Gasteiger partial charge in [-0.3, -0.25) is 0 Å². The second-order valence-corrected chi connectivity index (χ2v) is 17.0. The molecule has 11 rings (SSSR count). The Kier molecular flexibility index (Phi) is 7.11. The summed E-state index contributed by atoms with van der Waals surface area (Å²) >= 11 is 0. The monoisotopic (exact) mass is 721 g/mol. The summed E-state index contributed by atoms with van der Waals surface area (Å²) in [5, 5.41) is 2.29. The van der Waals surface area contributed by atoms with Crippen LogP contribution in [0.15, 0.2) is 180 Å². The highest BCUT2D eigenvalue weighted by Gasteiger charge is 2.47. The number of anilines is 3. The van der Waals surface area contributed by atoms with Crippen LogP contribution in [0.25, 0.3) is 49.8 Å². The summed E-state index contributed by atoms with van der Waals surface area (Å²) in [5.41, 5.74) is 18.6. The summed E-state index contributed by atoms with van der Waals surface area (Å²) in [7, 11) is 0. The van der Waals surface area contributed by atoms with Crippen LogP contribution in [0, 0.1) is 5.92 Å². The molecule has 0 spiro atoms. The van der Waals surface area contributed by atoms with E-state index in [1.54, 1.807) is 0 Å². The van der Waals surface area contributed by atoms with Gasteiger partial charge in [-0.05, 0) is 122 Å². The third-order valence-corrected chi connectivity index (χ3v) is 13.2. The lowest BCUT2D eigenvalue weighted by Gasteiger charge is -2.32. The van der Waals surface area contributed by atoms with Gasteiger partial charge in [-0.1, -0.05) is 149 Å². The van der Waals surface area contributed by atoms with Gasteiger partial charge in [0.15, 0.2) is 0 Å². The van der Waals surface area contributed by atoms with Gasteiger partial charge < -0.3 is 9.32 Å². The smallest absolute Gasteiger partial charge is 0.135 e. The Morgan fingerprint density at radius 1 is 0.500 bits per heavy atom. The molecule has 0 amide bonds. The van der Waals surface area contributed by atoms with Crippen LogP contribution in [0.4, 0.5) is 17.1 Å². The molecule has 8 aromatic rings. The van der Waals surface area contributed by atoms with Crippen molar-refractivity contribution in [3.8, 4) is 22.3 Å². The van der Waals surface area contributed by atoms with E-state index >= 15 is 0 Å². The number of fused-ring (bicyclic) bond motifs is 9. The molecule has 2 atom stereocenters. The van der Waals surface area contributed by atoms with Crippen LogP contribution >= 0.6 is 0 Å². The summed E-state index contributed by atoms with van der Waals surface area (Å²) in [4.78, 5) is 2.42. The van der Waals surface area contributed by atoms with E-state index in [1.807, 2.05) is 12.1 Å². The summed E-state index contributed by atoms with van der Waals surface area (Å²) in [6.45, 7) is 9.53. The van der Waals surface area contributed by atoms with E-state index in [-0.39, 0.29) is 10.8 Å². The van der Waals surface area contributed by atoms with Gasteiger partial charge in [-0.25, -0.2) is 0 Å². The second kappa shape index (κ2) is 12.1. The maximum Gasteiger partial charge on any atom is 0.135 e. The van der Waals surface area contributed by atoms with E-state index < -0.39 is 0 Å². The van der Waals surface area contributed by atoms with Gasteiger partial charge in [0.25, 0.3) is 0 Å². The number of hydrogen-bond donors (Lipinski definition) is 0. The zero-order valence-corrected chi connectivity index (χ0v) is 32.3. The number of allylic oxidation sites excluding steroid dienone is 4. The van der Waals surface area contributed by atoms with Gasteiger partial charge in [0.05, 0.1) is 0 Å². The molecule has 2 nitrogen and oxygen atoms in total. The normalized spacial score (nSPS) is 18.3. The van der Waals surface area contributed by atoms with E-state index in [9.17, 15) is 0 Å². The van der Waals surface area contributed by atoms with Crippen LogP contribution in [0.2, 0.25) is 0 Å². The Morgan fingerprint density at radius 2 is 1.12 bits per heavy atom. The van der Waals surface area contributed by atoms with Gasteiger partial charge >= 0.3 is 0 Å². The molecule has 1 aromatic heterocycles. The molecule has 0 saturated heterocycles. The fourth-order valence-electron chi connectivity index (χ4n) is 10.3. The number of nitrogens with zero attached hydrogens (tertiary/aromatic N) is 1. The highest BCUT2D eigenvalue weighted by Crippen LogP contribution is 2.57. The van der Waals surface area contributed by atoms with Crippen molar-refractivity contribution in [2.75, 3.05) is 4.90 Å². The minimum absolute atomic E-state index is 0.0826. The van der Waals surface area contributed by atoms with Gasteiger partial charge in [0, 0.05) is 39.2 Å². The minimum Gasteiger partial charge on any atom is -0.456 e. The third kappa shape index (κ3) is 4.81. The number of para-hydroxylation sites is 1. The standard InChI is InChI=1S/C54H43NO/c1-53(2)47-17-9-6-14-44(47)52-40(15-11-18-48(52)53)35-22-27-38(28-23-35)55(39-29-30-42-41-12-5-8-16-46(41)54(3,4)49(42)33-39)37-25-20-34(21-26-37)36-24-31-51-45(32-36)43-13-7-10-19-50(43)56-51/h5-33,48,52H,1-4H3. The van der Waals surface area contributed by atoms with E-state index in [0.29, 0.717) is 11.8 Å². The van der Waals surface area contributed by atoms with Crippen molar-refractivity contribution in [2.45, 2.75) is 44.4 Å². The molecule has 0 saturated carbocycles. The van der Waals surface area contributed by atoms with Crippen molar-refractivity contribution in [2.24, 2.45) is 5.92 Å². The van der Waals surface area contributed by atoms with E-state index in [4.69, 9.17) is 4.42 Å². The largest absolute Gasteiger partial charge is 0.456 e. The maximum atomic E-state index is 6.14. The minimum atomic E-state index is -0.0971. The molecule has 0 bridgehead atoms. The predicted molar refractivity (Wildman–Crippen MR) is 234 cm³/mol. The molecule has 0 fully saturated rings. The molecule has 7 aromatic carbocycles. The van der Waals surface area contributed by atoms with Crippen LogP contribution in [0.1, 0.15) is 61.4 Å². The third-order valence-electron chi connectivity index (χ3n) is 13.2. The van der Waals surface area contributed by atoms with Crippen molar-refractivity contribution < 1.29 is 4.42 Å². The van der Waals surface area contributed by atoms with Gasteiger partial charge in [-0.2, -0.15) is 0 Å². The van der Waals surface area contributed by atoms with Crippen molar-refractivity contribution in [1.82, 2.24) is 0 Å². The lowest BCUT2D eigenvalue weighted by Crippen LogP contribution is -2.25. The Balaban J connectivity index is 1.00. The molecule has 0 radical (unpaired) electrons. The topological polar surface area (TPSA) is 16.4 Å². The highest BCUT2D eigenvalue weighted by molar-refractivity contribution is 6.06. The summed E-state index contributed by atoms with van der Waals surface area (Å²) in [6.07, 6.45) is 7.05. The number of benzene rings is 7. The van der Waals surface area contributed by atoms with Crippen molar-refractivity contribution in [1.29, 1.82) is 0 Å². The van der Waals surface area contributed by atoms with Crippen LogP contribution in [-0.2, 0) is 10.8 Å². The molecule has 3 aliphatic carbocycles. The molecule has 56 heavy (non-hydrogen) atoms. The fraction of sp³-hybridized carbons (Fsp3) is 0.148. The molecule has 0 aliphatic heterocycles. The molecule has 1 heterocycles. The number of furan rings is 1. The van der Waals surface area contributed by atoms with Crippen molar-refractivity contribution in [3.05, 3.63) is 204 Å². The van der Waals surface area contributed by atoms with Crippen molar-refractivity contribution >= 4 is 44.6 Å². The van der Waals surface area contributed by atoms with Crippen LogP contribution in [0.3, 0.4) is 0 Å². The number of rotatable bonds is 5. The van der Waals surface area contributed by atoms with E-state index in [0.717, 1.165) is 39.0 Å². The van der Waals surface area contributed by atoms with Gasteiger partial charge in [0.1, 0.15) is 11.2 Å². The Labute approximate surface area is 329 Å². The Morgan fingerprint density at radius 3 is 1.93 bits per heavy atom. The van der Waals surface area contributed by atoms with Crippen molar-refractivity contribution in [3.63, 3.8) is 0 Å². The summed E-state index contributed by atoms with van der Waals surface area (Å²) in [6, 6.07) is 58.2. The molecule has 2 unspecified atom stereocenters. The molecule has 2 heteroatoms. The first-order valence-corrected chi connectivity index (χ1v) is 19.9. The van der Waals surface area contributed by atoms with Crippen LogP contribution in [-0.4, -0.2) is 0 Å². The molecule has 270 valence electrons. The lowest BCUT2D eigenvalue weighted by molar-refractivity contribution is 0.399. The zero-order chi connectivity index (χ0) is 37.8. The summed E-state index contributed by atoms with van der Waals surface area (Å²) in [5.74, 6) is 0.780. The maximum absolute atomic E-state index is 6.14. The van der Waals surface area contributed by atoms with Crippen LogP contribution < -0.4 is 4.90 Å². The Bertz CT molecular complexity index is 2920. The number of hydrogen-bond acceptors (Lipinski definition) is 2. The lowest BCUT2D eigenvalue weighted by atomic mass is 9.71. The van der Waals surface area contributed by atoms with E-state index in [2.05, 4.69) is 196 Å². The Hall–Kier alpha value is -6.38. The zero-order valence-electron chi connectivity index (χ0n) is 32.3. The summed E-state index contributed by atoms with van der Waals surface area (Å²) < 4.78 is 6.14.